The lowest BCUT2D eigenvalue weighted by molar-refractivity contribution is -0.149. The lowest BCUT2D eigenvalue weighted by atomic mass is 9.98. The van der Waals surface area contributed by atoms with Crippen molar-refractivity contribution in [1.82, 2.24) is 10.6 Å². The van der Waals surface area contributed by atoms with Crippen LogP contribution in [0.3, 0.4) is 0 Å². The van der Waals surface area contributed by atoms with E-state index in [1.54, 1.807) is 6.92 Å². The largest absolute Gasteiger partial charge is 0.464 e. The number of amides is 1. The first-order valence-electron chi connectivity index (χ1n) is 6.77. The van der Waals surface area contributed by atoms with Crippen molar-refractivity contribution in [2.45, 2.75) is 39.7 Å². The van der Waals surface area contributed by atoms with Gasteiger partial charge in [0.2, 0.25) is 5.91 Å². The van der Waals surface area contributed by atoms with E-state index in [-0.39, 0.29) is 23.7 Å². The van der Waals surface area contributed by atoms with Crippen LogP contribution in [0, 0.1) is 11.8 Å². The van der Waals surface area contributed by atoms with Gasteiger partial charge in [0.15, 0.2) is 0 Å². The van der Waals surface area contributed by atoms with Crippen molar-refractivity contribution in [3.05, 3.63) is 0 Å². The molecule has 104 valence electrons. The van der Waals surface area contributed by atoms with Crippen LogP contribution in [-0.4, -0.2) is 37.6 Å². The van der Waals surface area contributed by atoms with Gasteiger partial charge in [-0.05, 0) is 25.8 Å². The fraction of sp³-hybridized carbons (Fsp3) is 0.846. The van der Waals surface area contributed by atoms with E-state index in [4.69, 9.17) is 4.74 Å². The molecule has 0 aromatic heterocycles. The highest BCUT2D eigenvalue weighted by Gasteiger charge is 2.30. The van der Waals surface area contributed by atoms with Crippen LogP contribution >= 0.6 is 0 Å². The van der Waals surface area contributed by atoms with Crippen molar-refractivity contribution in [3.8, 4) is 0 Å². The standard InChI is InChI=1S/C13H24N2O3/c1-4-9(3)11(13(17)18-5-2)15-12(16)10-6-7-14-8-10/h9-11,14H,4-8H2,1-3H3,(H,15,16). The summed E-state index contributed by atoms with van der Waals surface area (Å²) in [6.07, 6.45) is 1.66. The molecule has 1 aliphatic rings. The second-order valence-electron chi connectivity index (χ2n) is 4.81. The third-order valence-corrected chi connectivity index (χ3v) is 3.48. The van der Waals surface area contributed by atoms with Gasteiger partial charge in [0.1, 0.15) is 6.04 Å². The molecule has 1 aliphatic heterocycles. The Balaban J connectivity index is 2.59. The van der Waals surface area contributed by atoms with Gasteiger partial charge in [0.25, 0.3) is 0 Å². The quantitative estimate of drug-likeness (QED) is 0.686. The molecule has 1 heterocycles. The third-order valence-electron chi connectivity index (χ3n) is 3.48. The van der Waals surface area contributed by atoms with Crippen LogP contribution in [0.1, 0.15) is 33.6 Å². The van der Waals surface area contributed by atoms with Crippen LogP contribution in [0.4, 0.5) is 0 Å². The minimum absolute atomic E-state index is 0.0222. The minimum Gasteiger partial charge on any atom is -0.464 e. The lowest BCUT2D eigenvalue weighted by Gasteiger charge is -2.23. The van der Waals surface area contributed by atoms with Gasteiger partial charge in [-0.25, -0.2) is 4.79 Å². The molecule has 1 fully saturated rings. The van der Waals surface area contributed by atoms with E-state index in [1.165, 1.54) is 0 Å². The summed E-state index contributed by atoms with van der Waals surface area (Å²) in [5.41, 5.74) is 0. The molecule has 0 aromatic rings. The van der Waals surface area contributed by atoms with Gasteiger partial charge in [-0.2, -0.15) is 0 Å². The Labute approximate surface area is 109 Å². The molecule has 0 radical (unpaired) electrons. The van der Waals surface area contributed by atoms with E-state index < -0.39 is 6.04 Å². The normalized spacial score (nSPS) is 22.3. The number of hydrogen-bond acceptors (Lipinski definition) is 4. The topological polar surface area (TPSA) is 67.4 Å². The predicted octanol–water partition coefficient (Wildman–Crippen LogP) is 0.690. The maximum absolute atomic E-state index is 12.0. The van der Waals surface area contributed by atoms with Gasteiger partial charge in [-0.3, -0.25) is 4.79 Å². The van der Waals surface area contributed by atoms with Gasteiger partial charge in [-0.15, -0.1) is 0 Å². The Morgan fingerprint density at radius 3 is 2.67 bits per heavy atom. The van der Waals surface area contributed by atoms with Crippen LogP contribution in [0.5, 0.6) is 0 Å². The van der Waals surface area contributed by atoms with Crippen molar-refractivity contribution >= 4 is 11.9 Å². The Morgan fingerprint density at radius 1 is 1.44 bits per heavy atom. The molecule has 3 unspecified atom stereocenters. The van der Waals surface area contributed by atoms with Gasteiger partial charge in [0.05, 0.1) is 12.5 Å². The Kier molecular flexibility index (Phi) is 6.12. The third kappa shape index (κ3) is 3.98. The average Bonchev–Trinajstić information content (AvgIpc) is 2.88. The van der Waals surface area contributed by atoms with Crippen LogP contribution in [0.15, 0.2) is 0 Å². The monoisotopic (exact) mass is 256 g/mol. The molecule has 3 atom stereocenters. The second-order valence-corrected chi connectivity index (χ2v) is 4.81. The second kappa shape index (κ2) is 7.36. The maximum atomic E-state index is 12.0. The summed E-state index contributed by atoms with van der Waals surface area (Å²) in [6, 6.07) is -0.525. The first kappa shape index (κ1) is 15.0. The zero-order valence-electron chi connectivity index (χ0n) is 11.5. The number of nitrogens with one attached hydrogen (secondary N) is 2. The summed E-state index contributed by atoms with van der Waals surface area (Å²) >= 11 is 0. The number of ether oxygens (including phenoxy) is 1. The summed E-state index contributed by atoms with van der Waals surface area (Å²) < 4.78 is 5.02. The van der Waals surface area contributed by atoms with Crippen molar-refractivity contribution in [1.29, 1.82) is 0 Å². The first-order chi connectivity index (χ1) is 8.60. The molecular formula is C13H24N2O3. The first-order valence-corrected chi connectivity index (χ1v) is 6.77. The number of rotatable bonds is 6. The van der Waals surface area contributed by atoms with E-state index >= 15 is 0 Å². The molecule has 0 saturated carbocycles. The van der Waals surface area contributed by atoms with Crippen molar-refractivity contribution in [2.75, 3.05) is 19.7 Å². The summed E-state index contributed by atoms with van der Waals surface area (Å²) in [4.78, 5) is 23.9. The Bertz CT molecular complexity index is 288. The van der Waals surface area contributed by atoms with Crippen molar-refractivity contribution in [2.24, 2.45) is 11.8 Å². The van der Waals surface area contributed by atoms with Crippen LogP contribution in [0.25, 0.3) is 0 Å². The van der Waals surface area contributed by atoms with Crippen LogP contribution in [0.2, 0.25) is 0 Å². The summed E-state index contributed by atoms with van der Waals surface area (Å²) in [6.45, 7) is 7.63. The van der Waals surface area contributed by atoms with Gasteiger partial charge in [0, 0.05) is 6.54 Å². The Morgan fingerprint density at radius 2 is 2.17 bits per heavy atom. The number of carbonyl (C=O) groups excluding carboxylic acids is 2. The smallest absolute Gasteiger partial charge is 0.328 e. The van der Waals surface area contributed by atoms with E-state index in [0.29, 0.717) is 13.2 Å². The highest BCUT2D eigenvalue weighted by molar-refractivity contribution is 5.86. The lowest BCUT2D eigenvalue weighted by Crippen LogP contribution is -2.48. The minimum atomic E-state index is -0.525. The molecule has 0 bridgehead atoms. The molecule has 1 saturated heterocycles. The predicted molar refractivity (Wildman–Crippen MR) is 69.0 cm³/mol. The van der Waals surface area contributed by atoms with Gasteiger partial charge < -0.3 is 15.4 Å². The van der Waals surface area contributed by atoms with E-state index in [0.717, 1.165) is 19.4 Å². The molecule has 18 heavy (non-hydrogen) atoms. The maximum Gasteiger partial charge on any atom is 0.328 e. The zero-order valence-corrected chi connectivity index (χ0v) is 11.5. The molecule has 1 amide bonds. The molecule has 1 rings (SSSR count). The van der Waals surface area contributed by atoms with E-state index in [9.17, 15) is 9.59 Å². The number of carbonyl (C=O) groups is 2. The van der Waals surface area contributed by atoms with Crippen LogP contribution in [-0.2, 0) is 14.3 Å². The van der Waals surface area contributed by atoms with Crippen LogP contribution < -0.4 is 10.6 Å². The molecule has 2 N–H and O–H groups in total. The highest BCUT2D eigenvalue weighted by atomic mass is 16.5. The number of esters is 1. The van der Waals surface area contributed by atoms with E-state index in [1.807, 2.05) is 13.8 Å². The molecular weight excluding hydrogens is 232 g/mol. The summed E-state index contributed by atoms with van der Waals surface area (Å²) in [7, 11) is 0. The molecule has 5 heteroatoms. The van der Waals surface area contributed by atoms with E-state index in [2.05, 4.69) is 10.6 Å². The molecule has 5 nitrogen and oxygen atoms in total. The zero-order chi connectivity index (χ0) is 13.5. The van der Waals surface area contributed by atoms with Crippen molar-refractivity contribution < 1.29 is 14.3 Å². The number of hydrogen-bond donors (Lipinski definition) is 2. The fourth-order valence-corrected chi connectivity index (χ4v) is 2.05. The van der Waals surface area contributed by atoms with Gasteiger partial charge in [-0.1, -0.05) is 20.3 Å². The fourth-order valence-electron chi connectivity index (χ4n) is 2.05. The summed E-state index contributed by atoms with van der Waals surface area (Å²) in [5.74, 6) is -0.308. The molecule has 0 aliphatic carbocycles. The SMILES string of the molecule is CCOC(=O)C(NC(=O)C1CCNC1)C(C)CC. The van der Waals surface area contributed by atoms with Crippen molar-refractivity contribution in [3.63, 3.8) is 0 Å². The average molecular weight is 256 g/mol. The van der Waals surface area contributed by atoms with Gasteiger partial charge >= 0.3 is 5.97 Å². The molecule has 0 spiro atoms. The highest BCUT2D eigenvalue weighted by Crippen LogP contribution is 2.13. The molecule has 0 aromatic carbocycles. The Hall–Kier alpha value is -1.10. The summed E-state index contributed by atoms with van der Waals surface area (Å²) in [5, 5.41) is 5.99.